The zero-order valence-corrected chi connectivity index (χ0v) is 11.3. The molecule has 0 aliphatic heterocycles. The van der Waals surface area contributed by atoms with Gasteiger partial charge < -0.3 is 20.1 Å². The van der Waals surface area contributed by atoms with Crippen LogP contribution in [0.3, 0.4) is 0 Å². The predicted molar refractivity (Wildman–Crippen MR) is 64.9 cm³/mol. The third kappa shape index (κ3) is 3.77. The molecule has 0 aromatic carbocycles. The second kappa shape index (κ2) is 7.59. The Balaban J connectivity index is 5.68. The first-order valence-corrected chi connectivity index (χ1v) is 6.13. The van der Waals surface area contributed by atoms with Crippen molar-refractivity contribution < 1.29 is 39.2 Å². The second-order valence-electron chi connectivity index (χ2n) is 4.18. The minimum absolute atomic E-state index is 0.194. The highest BCUT2D eigenvalue weighted by atomic mass is 16.6. The molecule has 0 bridgehead atoms. The fourth-order valence-corrected chi connectivity index (χ4v) is 1.57. The van der Waals surface area contributed by atoms with Gasteiger partial charge in [0.05, 0.1) is 0 Å². The molecular weight excluding hydrogens is 272 g/mol. The first-order valence-electron chi connectivity index (χ1n) is 6.13. The Kier molecular flexibility index (Phi) is 6.84. The number of carbonyl (C=O) groups excluding carboxylic acids is 2. The highest BCUT2D eigenvalue weighted by molar-refractivity contribution is 6.11. The molecule has 0 aliphatic rings. The number of aliphatic hydroxyl groups excluding tert-OH is 1. The van der Waals surface area contributed by atoms with Gasteiger partial charge >= 0.3 is 23.5 Å². The summed E-state index contributed by atoms with van der Waals surface area (Å²) in [4.78, 5) is 45.5. The highest BCUT2D eigenvalue weighted by Gasteiger charge is 2.58. The summed E-state index contributed by atoms with van der Waals surface area (Å²) < 4.78 is 4.56. The number of carboxylic acid groups (broad SMARTS) is 2. The van der Waals surface area contributed by atoms with E-state index in [4.69, 9.17) is 10.2 Å². The van der Waals surface area contributed by atoms with Gasteiger partial charge in [-0.3, -0.25) is 9.59 Å². The lowest BCUT2D eigenvalue weighted by Gasteiger charge is -2.29. The van der Waals surface area contributed by atoms with E-state index in [0.717, 1.165) is 0 Å². The minimum atomic E-state index is -3.10. The van der Waals surface area contributed by atoms with Crippen LogP contribution in [0, 0.1) is 0 Å². The Morgan fingerprint density at radius 1 is 1.05 bits per heavy atom. The zero-order valence-electron chi connectivity index (χ0n) is 11.3. The number of hydrogen-bond donors (Lipinski definition) is 3. The summed E-state index contributed by atoms with van der Waals surface area (Å²) in [6, 6.07) is 0. The molecule has 0 aromatic heterocycles. The Hall–Kier alpha value is -1.96. The maximum absolute atomic E-state index is 11.9. The molecule has 0 saturated carbocycles. The van der Waals surface area contributed by atoms with Crippen molar-refractivity contribution in [3.63, 3.8) is 0 Å². The van der Waals surface area contributed by atoms with E-state index in [2.05, 4.69) is 4.74 Å². The number of rotatable bonds is 9. The van der Waals surface area contributed by atoms with Crippen LogP contribution in [0.4, 0.5) is 0 Å². The Labute approximate surface area is 115 Å². The standard InChI is InChI=1S/C12H18O8/c1-3-5-7(13)12(11(18)19,9(15)10(16)17)20-8(14)6-4-2/h9,15H,3-6H2,1-2H3,(H,16,17)(H,18,19). The number of Topliss-reactive ketones (excluding diaryl/α,β-unsaturated/α-hetero) is 1. The summed E-state index contributed by atoms with van der Waals surface area (Å²) in [6.07, 6.45) is -2.66. The summed E-state index contributed by atoms with van der Waals surface area (Å²) in [5, 5.41) is 27.4. The molecule has 20 heavy (non-hydrogen) atoms. The van der Waals surface area contributed by atoms with Gasteiger partial charge in [0.2, 0.25) is 6.10 Å². The van der Waals surface area contributed by atoms with E-state index in [-0.39, 0.29) is 19.3 Å². The van der Waals surface area contributed by atoms with Gasteiger partial charge in [-0.25, -0.2) is 9.59 Å². The molecule has 8 heteroatoms. The molecule has 2 unspecified atom stereocenters. The minimum Gasteiger partial charge on any atom is -0.479 e. The lowest BCUT2D eigenvalue weighted by atomic mass is 9.88. The summed E-state index contributed by atoms with van der Waals surface area (Å²) >= 11 is 0. The molecule has 0 fully saturated rings. The van der Waals surface area contributed by atoms with Crippen molar-refractivity contribution in [2.75, 3.05) is 0 Å². The molecule has 0 aliphatic carbocycles. The third-order valence-electron chi connectivity index (χ3n) is 2.56. The number of ether oxygens (including phenoxy) is 1. The van der Waals surface area contributed by atoms with Gasteiger partial charge in [0.25, 0.3) is 0 Å². The molecule has 0 amide bonds. The summed E-state index contributed by atoms with van der Waals surface area (Å²) in [6.45, 7) is 3.18. The van der Waals surface area contributed by atoms with Crippen molar-refractivity contribution >= 4 is 23.7 Å². The fourth-order valence-electron chi connectivity index (χ4n) is 1.57. The lowest BCUT2D eigenvalue weighted by molar-refractivity contribution is -0.200. The monoisotopic (exact) mass is 290 g/mol. The molecule has 0 radical (unpaired) electrons. The maximum Gasteiger partial charge on any atom is 0.359 e. The number of esters is 1. The van der Waals surface area contributed by atoms with Gasteiger partial charge in [0.15, 0.2) is 5.78 Å². The zero-order chi connectivity index (χ0) is 15.9. The largest absolute Gasteiger partial charge is 0.479 e. The van der Waals surface area contributed by atoms with Crippen molar-refractivity contribution in [3.05, 3.63) is 0 Å². The molecule has 114 valence electrons. The molecular formula is C12H18O8. The predicted octanol–water partition coefficient (Wildman–Crippen LogP) is -0.0322. The van der Waals surface area contributed by atoms with Crippen molar-refractivity contribution in [2.24, 2.45) is 0 Å². The summed E-state index contributed by atoms with van der Waals surface area (Å²) in [5.41, 5.74) is -3.10. The number of hydrogen-bond acceptors (Lipinski definition) is 6. The van der Waals surface area contributed by atoms with Crippen LogP contribution in [0.15, 0.2) is 0 Å². The van der Waals surface area contributed by atoms with E-state index < -0.39 is 35.4 Å². The first-order chi connectivity index (χ1) is 9.23. The molecule has 2 atom stereocenters. The smallest absolute Gasteiger partial charge is 0.359 e. The summed E-state index contributed by atoms with van der Waals surface area (Å²) in [7, 11) is 0. The summed E-state index contributed by atoms with van der Waals surface area (Å²) in [5.74, 6) is -6.18. The Bertz CT molecular complexity index is 402. The van der Waals surface area contributed by atoms with Crippen molar-refractivity contribution in [3.8, 4) is 0 Å². The van der Waals surface area contributed by atoms with Gasteiger partial charge in [-0.15, -0.1) is 0 Å². The lowest BCUT2D eigenvalue weighted by Crippen LogP contribution is -2.61. The number of carboxylic acids is 2. The van der Waals surface area contributed by atoms with E-state index >= 15 is 0 Å². The van der Waals surface area contributed by atoms with E-state index in [1.165, 1.54) is 0 Å². The van der Waals surface area contributed by atoms with Gasteiger partial charge in [-0.05, 0) is 12.8 Å². The average molecular weight is 290 g/mol. The first kappa shape index (κ1) is 18.0. The third-order valence-corrected chi connectivity index (χ3v) is 2.56. The number of ketones is 1. The van der Waals surface area contributed by atoms with Crippen LogP contribution < -0.4 is 0 Å². The Morgan fingerprint density at radius 3 is 1.90 bits per heavy atom. The van der Waals surface area contributed by atoms with Crippen molar-refractivity contribution in [1.29, 1.82) is 0 Å². The number of carbonyl (C=O) groups is 4. The highest BCUT2D eigenvalue weighted by Crippen LogP contribution is 2.23. The topological polar surface area (TPSA) is 138 Å². The second-order valence-corrected chi connectivity index (χ2v) is 4.18. The van der Waals surface area contributed by atoms with Crippen LogP contribution in [0.2, 0.25) is 0 Å². The normalized spacial score (nSPS) is 14.9. The molecule has 8 nitrogen and oxygen atoms in total. The van der Waals surface area contributed by atoms with Gasteiger partial charge in [-0.2, -0.15) is 0 Å². The fraction of sp³-hybridized carbons (Fsp3) is 0.667. The van der Waals surface area contributed by atoms with Gasteiger partial charge in [0, 0.05) is 12.8 Å². The average Bonchev–Trinajstić information content (AvgIpc) is 2.35. The van der Waals surface area contributed by atoms with Crippen LogP contribution in [0.25, 0.3) is 0 Å². The van der Waals surface area contributed by atoms with E-state index in [1.807, 2.05) is 0 Å². The van der Waals surface area contributed by atoms with Crippen molar-refractivity contribution in [2.45, 2.75) is 51.2 Å². The van der Waals surface area contributed by atoms with Crippen LogP contribution in [0.1, 0.15) is 39.5 Å². The molecule has 3 N–H and O–H groups in total. The molecule has 0 heterocycles. The molecule has 0 saturated heterocycles. The van der Waals surface area contributed by atoms with Crippen molar-refractivity contribution in [1.82, 2.24) is 0 Å². The molecule has 0 rings (SSSR count). The van der Waals surface area contributed by atoms with E-state index in [1.54, 1.807) is 13.8 Å². The quantitative estimate of drug-likeness (QED) is 0.397. The van der Waals surface area contributed by atoms with Gasteiger partial charge in [0.1, 0.15) is 0 Å². The Morgan fingerprint density at radius 2 is 1.55 bits per heavy atom. The van der Waals surface area contributed by atoms with Crippen LogP contribution in [-0.4, -0.2) is 50.7 Å². The molecule has 0 spiro atoms. The van der Waals surface area contributed by atoms with E-state index in [9.17, 15) is 24.3 Å². The molecule has 0 aromatic rings. The number of aliphatic hydroxyl groups is 1. The van der Waals surface area contributed by atoms with Crippen LogP contribution in [-0.2, 0) is 23.9 Å². The van der Waals surface area contributed by atoms with Crippen LogP contribution in [0.5, 0.6) is 0 Å². The maximum atomic E-state index is 11.9. The number of aliphatic carboxylic acids is 2. The van der Waals surface area contributed by atoms with Gasteiger partial charge in [-0.1, -0.05) is 13.8 Å². The van der Waals surface area contributed by atoms with E-state index in [0.29, 0.717) is 6.42 Å². The van der Waals surface area contributed by atoms with Crippen LogP contribution >= 0.6 is 0 Å². The SMILES string of the molecule is CCCC(=O)OC(C(=O)O)(C(=O)CCC)C(O)C(=O)O.